The minimum Gasteiger partial charge on any atom is -0.318 e. The normalized spacial score (nSPS) is 13.2. The second-order valence-corrected chi connectivity index (χ2v) is 6.58. The van der Waals surface area contributed by atoms with Crippen LogP contribution < -0.4 is 10.2 Å². The van der Waals surface area contributed by atoms with Gasteiger partial charge in [0.25, 0.3) is 0 Å². The number of benzene rings is 2. The zero-order chi connectivity index (χ0) is 16.2. The molecule has 3 aromatic rings. The number of hydrogen-bond donors (Lipinski definition) is 1. The minimum absolute atomic E-state index is 0.0705. The lowest BCUT2D eigenvalue weighted by atomic mass is 9.98. The molecular weight excluding hydrogens is 306 g/mol. The molecule has 1 atom stereocenters. The summed E-state index contributed by atoms with van der Waals surface area (Å²) in [4.78, 5) is 12.9. The molecule has 4 nitrogen and oxygen atoms in total. The van der Waals surface area contributed by atoms with E-state index in [1.807, 2.05) is 67.1 Å². The molecule has 1 amide bonds. The summed E-state index contributed by atoms with van der Waals surface area (Å²) in [5.74, 6) is 0.0985. The van der Waals surface area contributed by atoms with Gasteiger partial charge in [0, 0.05) is 13.5 Å². The molecule has 1 N–H and O–H groups in total. The van der Waals surface area contributed by atoms with E-state index in [1.165, 1.54) is 0 Å². The summed E-state index contributed by atoms with van der Waals surface area (Å²) in [6.07, 6.45) is 0.419. The van der Waals surface area contributed by atoms with E-state index in [0.29, 0.717) is 6.42 Å². The number of aromatic nitrogens is 1. The average Bonchev–Trinajstić information content (AvgIpc) is 2.90. The zero-order valence-corrected chi connectivity index (χ0v) is 14.0. The van der Waals surface area contributed by atoms with Crippen molar-refractivity contribution in [2.75, 3.05) is 0 Å². The van der Waals surface area contributed by atoms with Crippen molar-refractivity contribution in [3.63, 3.8) is 0 Å². The first-order valence-electron chi connectivity index (χ1n) is 7.57. The van der Waals surface area contributed by atoms with Gasteiger partial charge < -0.3 is 4.57 Å². The van der Waals surface area contributed by atoms with E-state index in [1.54, 1.807) is 11.3 Å². The van der Waals surface area contributed by atoms with Crippen molar-refractivity contribution in [3.05, 3.63) is 65.0 Å². The van der Waals surface area contributed by atoms with Crippen LogP contribution in [0.25, 0.3) is 10.2 Å². The van der Waals surface area contributed by atoms with Crippen molar-refractivity contribution in [1.29, 1.82) is 0 Å². The van der Waals surface area contributed by atoms with Crippen molar-refractivity contribution in [2.24, 2.45) is 12.1 Å². The largest absolute Gasteiger partial charge is 0.318 e. The Hall–Kier alpha value is -2.40. The number of hydrogen-bond acceptors (Lipinski definition) is 3. The van der Waals surface area contributed by atoms with Crippen LogP contribution in [0, 0.1) is 0 Å². The fourth-order valence-corrected chi connectivity index (χ4v) is 3.50. The molecule has 3 rings (SSSR count). The Morgan fingerprint density at radius 2 is 1.87 bits per heavy atom. The van der Waals surface area contributed by atoms with Gasteiger partial charge in [-0.1, -0.05) is 60.7 Å². The summed E-state index contributed by atoms with van der Waals surface area (Å²) >= 11 is 1.56. The van der Waals surface area contributed by atoms with Crippen molar-refractivity contribution in [2.45, 2.75) is 19.3 Å². The fourth-order valence-electron chi connectivity index (χ4n) is 2.52. The lowest BCUT2D eigenvalue weighted by Gasteiger charge is -2.09. The monoisotopic (exact) mass is 325 g/mol. The van der Waals surface area contributed by atoms with Crippen LogP contribution in [0.1, 0.15) is 24.8 Å². The first kappa shape index (κ1) is 15.5. The molecule has 1 aromatic heterocycles. The molecule has 5 heteroatoms. The Kier molecular flexibility index (Phi) is 4.57. The quantitative estimate of drug-likeness (QED) is 0.735. The third-order valence-corrected chi connectivity index (χ3v) is 4.96. The van der Waals surface area contributed by atoms with Gasteiger partial charge >= 0.3 is 0 Å². The molecule has 0 aliphatic heterocycles. The number of nitrogens with one attached hydrogen (secondary N) is 1. The molecule has 0 fully saturated rings. The zero-order valence-electron chi connectivity index (χ0n) is 13.2. The summed E-state index contributed by atoms with van der Waals surface area (Å²) in [5.41, 5.74) is 4.95. The molecule has 118 valence electrons. The smallest absolute Gasteiger partial charge is 0.240 e. The van der Waals surface area contributed by atoms with Crippen LogP contribution in [0.15, 0.2) is 59.7 Å². The van der Waals surface area contributed by atoms with Crippen molar-refractivity contribution in [3.8, 4) is 0 Å². The number of para-hydroxylation sites is 1. The molecular formula is C18H19N3OS. The maximum atomic E-state index is 12.1. The highest BCUT2D eigenvalue weighted by atomic mass is 32.1. The minimum atomic E-state index is -0.0705. The second kappa shape index (κ2) is 6.79. The van der Waals surface area contributed by atoms with E-state index in [-0.39, 0.29) is 11.8 Å². The van der Waals surface area contributed by atoms with Crippen molar-refractivity contribution < 1.29 is 4.79 Å². The number of nitrogens with zero attached hydrogens (tertiary/aromatic N) is 2. The number of amides is 1. The van der Waals surface area contributed by atoms with Crippen LogP contribution in [-0.2, 0) is 11.8 Å². The Morgan fingerprint density at radius 3 is 2.61 bits per heavy atom. The predicted molar refractivity (Wildman–Crippen MR) is 94.0 cm³/mol. The van der Waals surface area contributed by atoms with Crippen LogP contribution in [0.4, 0.5) is 0 Å². The molecule has 0 bridgehead atoms. The number of carbonyl (C=O) groups is 1. The summed E-state index contributed by atoms with van der Waals surface area (Å²) in [7, 11) is 1.95. The van der Waals surface area contributed by atoms with E-state index >= 15 is 0 Å². The highest BCUT2D eigenvalue weighted by Gasteiger charge is 2.10. The molecule has 23 heavy (non-hydrogen) atoms. The third-order valence-electron chi connectivity index (χ3n) is 3.85. The van der Waals surface area contributed by atoms with E-state index in [4.69, 9.17) is 0 Å². The van der Waals surface area contributed by atoms with Crippen LogP contribution in [0.2, 0.25) is 0 Å². The number of rotatable bonds is 4. The highest BCUT2D eigenvalue weighted by Crippen LogP contribution is 2.18. The number of thiazole rings is 1. The molecule has 0 aliphatic carbocycles. The van der Waals surface area contributed by atoms with Gasteiger partial charge in [-0.25, -0.2) is 5.43 Å². The van der Waals surface area contributed by atoms with Crippen LogP contribution >= 0.6 is 11.3 Å². The lowest BCUT2D eigenvalue weighted by Crippen LogP contribution is -2.24. The standard InChI is InChI=1S/C18H19N3OS/c1-13(14-8-4-3-5-9-14)12-17(22)19-20-18-21(2)15-10-6-7-11-16(15)23-18/h3-11,13H,12H2,1-2H3,(H,19,22)/b20-18+/t13-/m0/s1. The van der Waals surface area contributed by atoms with Gasteiger partial charge in [0.05, 0.1) is 10.2 Å². The third kappa shape index (κ3) is 3.51. The molecule has 0 radical (unpaired) electrons. The Labute approximate surface area is 139 Å². The Bertz CT molecular complexity index is 880. The van der Waals surface area contributed by atoms with Gasteiger partial charge in [-0.05, 0) is 23.6 Å². The van der Waals surface area contributed by atoms with Crippen molar-refractivity contribution >= 4 is 27.5 Å². The molecule has 0 spiro atoms. The molecule has 2 aromatic carbocycles. The van der Waals surface area contributed by atoms with E-state index in [9.17, 15) is 4.79 Å². The van der Waals surface area contributed by atoms with E-state index in [0.717, 1.165) is 20.6 Å². The molecule has 0 unspecified atom stereocenters. The SMILES string of the molecule is C[C@@H](CC(=O)N/N=c1/sc2ccccc2n1C)c1ccccc1. The van der Waals surface area contributed by atoms with Gasteiger partial charge in [0.15, 0.2) is 0 Å². The Morgan fingerprint density at radius 1 is 1.17 bits per heavy atom. The van der Waals surface area contributed by atoms with E-state index < -0.39 is 0 Å². The molecule has 0 aliphatic rings. The topological polar surface area (TPSA) is 46.4 Å². The summed E-state index contributed by atoms with van der Waals surface area (Å²) in [6, 6.07) is 18.1. The molecule has 0 saturated heterocycles. The predicted octanol–water partition coefficient (Wildman–Crippen LogP) is 3.37. The van der Waals surface area contributed by atoms with Gasteiger partial charge in [0.2, 0.25) is 10.7 Å². The summed E-state index contributed by atoms with van der Waals surface area (Å²) < 4.78 is 3.14. The summed E-state index contributed by atoms with van der Waals surface area (Å²) in [6.45, 7) is 2.05. The van der Waals surface area contributed by atoms with Gasteiger partial charge in [-0.15, -0.1) is 5.10 Å². The van der Waals surface area contributed by atoms with E-state index in [2.05, 4.69) is 16.6 Å². The maximum absolute atomic E-state index is 12.1. The van der Waals surface area contributed by atoms with Crippen LogP contribution in [0.3, 0.4) is 0 Å². The van der Waals surface area contributed by atoms with Crippen LogP contribution in [-0.4, -0.2) is 10.5 Å². The first-order chi connectivity index (χ1) is 11.1. The van der Waals surface area contributed by atoms with Crippen LogP contribution in [0.5, 0.6) is 0 Å². The maximum Gasteiger partial charge on any atom is 0.240 e. The van der Waals surface area contributed by atoms with Gasteiger partial charge in [-0.3, -0.25) is 4.79 Å². The molecule has 1 heterocycles. The number of fused-ring (bicyclic) bond motifs is 1. The highest BCUT2D eigenvalue weighted by molar-refractivity contribution is 7.16. The van der Waals surface area contributed by atoms with Crippen molar-refractivity contribution in [1.82, 2.24) is 9.99 Å². The van der Waals surface area contributed by atoms with Gasteiger partial charge in [0.1, 0.15) is 0 Å². The van der Waals surface area contributed by atoms with Gasteiger partial charge in [-0.2, -0.15) is 0 Å². The summed E-state index contributed by atoms with van der Waals surface area (Å²) in [5, 5.41) is 4.27. The second-order valence-electron chi connectivity index (χ2n) is 5.57. The average molecular weight is 325 g/mol. The fraction of sp³-hybridized carbons (Fsp3) is 0.222. The lowest BCUT2D eigenvalue weighted by molar-refractivity contribution is -0.121. The number of aryl methyl sites for hydroxylation is 1. The number of carbonyl (C=O) groups excluding carboxylic acids is 1. The first-order valence-corrected chi connectivity index (χ1v) is 8.39. The molecule has 0 saturated carbocycles. The Balaban J connectivity index is 1.71.